The molecule has 0 aliphatic rings. The van der Waals surface area contributed by atoms with Crippen LogP contribution in [0.5, 0.6) is 0 Å². The number of hydrogen-bond acceptors (Lipinski definition) is 4. The van der Waals surface area contributed by atoms with Crippen LogP contribution in [0.4, 0.5) is 0 Å². The van der Waals surface area contributed by atoms with E-state index < -0.39 is 18.7 Å². The van der Waals surface area contributed by atoms with Gasteiger partial charge in [0.2, 0.25) is 0 Å². The lowest BCUT2D eigenvalue weighted by atomic mass is 10.2. The van der Waals surface area contributed by atoms with Crippen LogP contribution in [0.2, 0.25) is 0 Å². The summed E-state index contributed by atoms with van der Waals surface area (Å²) in [7, 11) is 0. The first-order valence-corrected chi connectivity index (χ1v) is 4.56. The van der Waals surface area contributed by atoms with E-state index in [1.807, 2.05) is 0 Å². The zero-order valence-corrected chi connectivity index (χ0v) is 8.49. The Morgan fingerprint density at radius 2 is 1.71 bits per heavy atom. The number of ketones is 1. The van der Waals surface area contributed by atoms with Crippen molar-refractivity contribution in [1.82, 2.24) is 0 Å². The molecule has 82 valence electrons. The summed E-state index contributed by atoms with van der Waals surface area (Å²) < 4.78 is 10.2. The van der Waals surface area contributed by atoms with E-state index in [2.05, 4.69) is 0 Å². The van der Waals surface area contributed by atoms with Crippen molar-refractivity contribution in [2.75, 3.05) is 13.2 Å². The molecule has 14 heavy (non-hydrogen) atoms. The Morgan fingerprint density at radius 3 is 2.07 bits per heavy atom. The minimum Gasteiger partial charge on any atom is -0.481 e. The first-order chi connectivity index (χ1) is 6.60. The highest BCUT2D eigenvalue weighted by atomic mass is 16.7. The van der Waals surface area contributed by atoms with Gasteiger partial charge in [-0.2, -0.15) is 0 Å². The van der Waals surface area contributed by atoms with Crippen LogP contribution in [0, 0.1) is 0 Å². The van der Waals surface area contributed by atoms with Crippen LogP contribution in [-0.4, -0.2) is 36.4 Å². The van der Waals surface area contributed by atoms with E-state index in [1.54, 1.807) is 13.8 Å². The fraction of sp³-hybridized carbons (Fsp3) is 0.778. The quantitative estimate of drug-likeness (QED) is 0.468. The van der Waals surface area contributed by atoms with Gasteiger partial charge >= 0.3 is 5.97 Å². The molecule has 5 heteroatoms. The van der Waals surface area contributed by atoms with Crippen LogP contribution in [0.3, 0.4) is 0 Å². The first kappa shape index (κ1) is 13.1. The third-order valence-corrected chi connectivity index (χ3v) is 1.45. The van der Waals surface area contributed by atoms with Gasteiger partial charge in [-0.05, 0) is 13.8 Å². The lowest BCUT2D eigenvalue weighted by molar-refractivity contribution is -0.154. The van der Waals surface area contributed by atoms with Gasteiger partial charge in [-0.3, -0.25) is 9.59 Å². The maximum absolute atomic E-state index is 11.1. The third-order valence-electron chi connectivity index (χ3n) is 1.45. The molecular formula is C9H16O5. The van der Waals surface area contributed by atoms with Gasteiger partial charge in [-0.15, -0.1) is 0 Å². The summed E-state index contributed by atoms with van der Waals surface area (Å²) in [4.78, 5) is 21.3. The molecule has 0 saturated carbocycles. The van der Waals surface area contributed by atoms with Crippen molar-refractivity contribution in [3.8, 4) is 0 Å². The highest BCUT2D eigenvalue weighted by Crippen LogP contribution is 2.03. The predicted octanol–water partition coefficient (Wildman–Crippen LogP) is 0.819. The second kappa shape index (κ2) is 7.46. The van der Waals surface area contributed by atoms with Crippen molar-refractivity contribution in [2.24, 2.45) is 0 Å². The van der Waals surface area contributed by atoms with E-state index in [1.165, 1.54) is 0 Å². The Balaban J connectivity index is 3.88. The predicted molar refractivity (Wildman–Crippen MR) is 48.9 cm³/mol. The lowest BCUT2D eigenvalue weighted by Crippen LogP contribution is -2.22. The summed E-state index contributed by atoms with van der Waals surface area (Å²) in [5, 5.41) is 8.35. The SMILES string of the molecule is CCOC(CC(=O)CC(=O)O)OCC. The number of carbonyl (C=O) groups is 2. The van der Waals surface area contributed by atoms with Crippen LogP contribution < -0.4 is 0 Å². The van der Waals surface area contributed by atoms with Crippen LogP contribution in [0.25, 0.3) is 0 Å². The van der Waals surface area contributed by atoms with Gasteiger partial charge < -0.3 is 14.6 Å². The van der Waals surface area contributed by atoms with E-state index >= 15 is 0 Å². The van der Waals surface area contributed by atoms with E-state index in [0.29, 0.717) is 13.2 Å². The average Bonchev–Trinajstić information content (AvgIpc) is 2.03. The summed E-state index contributed by atoms with van der Waals surface area (Å²) in [5.41, 5.74) is 0. The maximum atomic E-state index is 11.1. The van der Waals surface area contributed by atoms with Gasteiger partial charge in [0, 0.05) is 13.2 Å². The zero-order chi connectivity index (χ0) is 11.0. The molecule has 0 aromatic carbocycles. The highest BCUT2D eigenvalue weighted by Gasteiger charge is 2.15. The minimum absolute atomic E-state index is 0.00597. The average molecular weight is 204 g/mol. The molecule has 1 N–H and O–H groups in total. The number of carboxylic acids is 1. The molecule has 0 rings (SSSR count). The van der Waals surface area contributed by atoms with Crippen molar-refractivity contribution >= 4 is 11.8 Å². The number of ether oxygens (including phenoxy) is 2. The molecular weight excluding hydrogens is 188 g/mol. The second-order valence-corrected chi connectivity index (χ2v) is 2.65. The van der Waals surface area contributed by atoms with Gasteiger partial charge in [-0.1, -0.05) is 0 Å². The Kier molecular flexibility index (Phi) is 6.96. The lowest BCUT2D eigenvalue weighted by Gasteiger charge is -2.15. The van der Waals surface area contributed by atoms with Crippen LogP contribution >= 0.6 is 0 Å². The number of aliphatic carboxylic acids is 1. The number of Topliss-reactive ketones (excluding diaryl/α,β-unsaturated/α-hetero) is 1. The molecule has 0 fully saturated rings. The van der Waals surface area contributed by atoms with Gasteiger partial charge in [0.05, 0.1) is 6.42 Å². The van der Waals surface area contributed by atoms with E-state index in [9.17, 15) is 9.59 Å². The molecule has 0 bridgehead atoms. The standard InChI is InChI=1S/C9H16O5/c1-3-13-9(14-4-2)6-7(10)5-8(11)12/h9H,3-6H2,1-2H3,(H,11,12). The summed E-state index contributed by atoms with van der Waals surface area (Å²) in [6.07, 6.45) is -1.10. The number of rotatable bonds is 8. The fourth-order valence-corrected chi connectivity index (χ4v) is 0.964. The van der Waals surface area contributed by atoms with Crippen molar-refractivity contribution in [1.29, 1.82) is 0 Å². The van der Waals surface area contributed by atoms with Crippen LogP contribution in [0.1, 0.15) is 26.7 Å². The minimum atomic E-state index is -1.12. The number of carboxylic acid groups (broad SMARTS) is 1. The zero-order valence-electron chi connectivity index (χ0n) is 8.49. The molecule has 0 amide bonds. The summed E-state index contributed by atoms with van der Waals surface area (Å²) in [6.45, 7) is 4.44. The largest absolute Gasteiger partial charge is 0.481 e. The van der Waals surface area contributed by atoms with Crippen molar-refractivity contribution in [3.05, 3.63) is 0 Å². The fourth-order valence-electron chi connectivity index (χ4n) is 0.964. The topological polar surface area (TPSA) is 72.8 Å². The molecule has 0 aromatic rings. The third kappa shape index (κ3) is 6.56. The van der Waals surface area contributed by atoms with Crippen molar-refractivity contribution in [3.63, 3.8) is 0 Å². The Bertz CT molecular complexity index is 184. The maximum Gasteiger partial charge on any atom is 0.310 e. The Labute approximate surface area is 83.0 Å². The summed E-state index contributed by atoms with van der Waals surface area (Å²) in [6, 6.07) is 0. The first-order valence-electron chi connectivity index (χ1n) is 4.56. The van der Waals surface area contributed by atoms with E-state index in [0.717, 1.165) is 0 Å². The normalized spacial score (nSPS) is 10.5. The number of carbonyl (C=O) groups excluding carboxylic acids is 1. The van der Waals surface area contributed by atoms with Crippen LogP contribution in [-0.2, 0) is 19.1 Å². The molecule has 0 aromatic heterocycles. The second-order valence-electron chi connectivity index (χ2n) is 2.65. The Morgan fingerprint density at radius 1 is 1.21 bits per heavy atom. The molecule has 0 heterocycles. The summed E-state index contributed by atoms with van der Waals surface area (Å²) in [5.74, 6) is -1.51. The van der Waals surface area contributed by atoms with E-state index in [4.69, 9.17) is 14.6 Å². The van der Waals surface area contributed by atoms with Crippen LogP contribution in [0.15, 0.2) is 0 Å². The van der Waals surface area contributed by atoms with Crippen molar-refractivity contribution < 1.29 is 24.2 Å². The monoisotopic (exact) mass is 204 g/mol. The van der Waals surface area contributed by atoms with E-state index in [-0.39, 0.29) is 12.2 Å². The Hall–Kier alpha value is -0.940. The van der Waals surface area contributed by atoms with Gasteiger partial charge in [0.1, 0.15) is 12.2 Å². The molecule has 5 nitrogen and oxygen atoms in total. The molecule has 0 unspecified atom stereocenters. The van der Waals surface area contributed by atoms with Gasteiger partial charge in [0.25, 0.3) is 0 Å². The molecule has 0 atom stereocenters. The molecule has 0 aliphatic heterocycles. The van der Waals surface area contributed by atoms with Crippen molar-refractivity contribution in [2.45, 2.75) is 33.0 Å². The molecule has 0 aliphatic carbocycles. The van der Waals surface area contributed by atoms with Gasteiger partial charge in [-0.25, -0.2) is 0 Å². The summed E-state index contributed by atoms with van der Waals surface area (Å²) >= 11 is 0. The smallest absolute Gasteiger partial charge is 0.310 e. The highest BCUT2D eigenvalue weighted by molar-refractivity contribution is 5.94. The molecule has 0 radical (unpaired) electrons. The molecule has 0 saturated heterocycles. The van der Waals surface area contributed by atoms with Gasteiger partial charge in [0.15, 0.2) is 6.29 Å². The number of hydrogen-bond donors (Lipinski definition) is 1. The molecule has 0 spiro atoms.